The van der Waals surface area contributed by atoms with Crippen LogP contribution in [0.4, 0.5) is 11.4 Å². The molecule has 3 N–H and O–H groups in total. The number of amides is 3. The van der Waals surface area contributed by atoms with Crippen molar-refractivity contribution in [3.8, 4) is 11.5 Å². The Kier molecular flexibility index (Phi) is 10.6. The summed E-state index contributed by atoms with van der Waals surface area (Å²) in [4.78, 5) is 39.9. The number of hydrogen-bond donors (Lipinski definition) is 3. The van der Waals surface area contributed by atoms with E-state index in [1.165, 1.54) is 11.8 Å². The number of carbonyl (C=O) groups is 3. The largest absolute Gasteiger partial charge is 0.497 e. The van der Waals surface area contributed by atoms with Gasteiger partial charge in [0, 0.05) is 40.0 Å². The number of anilines is 2. The summed E-state index contributed by atoms with van der Waals surface area (Å²) in [5, 5.41) is 8.10. The first-order chi connectivity index (χ1) is 20.7. The fraction of sp³-hybridized carbons (Fsp3) is 0.147. The van der Waals surface area contributed by atoms with Crippen molar-refractivity contribution in [3.05, 3.63) is 119 Å². The molecule has 0 aliphatic rings. The van der Waals surface area contributed by atoms with Gasteiger partial charge in [0.15, 0.2) is 0 Å². The van der Waals surface area contributed by atoms with Gasteiger partial charge in [0.05, 0.1) is 19.5 Å². The first kappa shape index (κ1) is 30.9. The Labute approximate surface area is 255 Å². The molecule has 9 heteroatoms. The molecule has 0 aliphatic carbocycles. The summed E-state index contributed by atoms with van der Waals surface area (Å²) in [7, 11) is 3.10. The Hall–Kier alpha value is -5.02. The SMILES string of the molecule is COc1cc(NC(=O)C(C)Sc2ccc(NC(=O)/C(=C/c3cccc(C)c3)NC(=O)c3ccccc3)cc2)cc(OC)c1. The van der Waals surface area contributed by atoms with E-state index < -0.39 is 11.2 Å². The molecule has 0 heterocycles. The first-order valence-corrected chi connectivity index (χ1v) is 14.4. The van der Waals surface area contributed by atoms with Crippen LogP contribution in [0.15, 0.2) is 108 Å². The van der Waals surface area contributed by atoms with Gasteiger partial charge in [-0.3, -0.25) is 14.4 Å². The lowest BCUT2D eigenvalue weighted by atomic mass is 10.1. The number of hydrogen-bond acceptors (Lipinski definition) is 6. The molecule has 8 nitrogen and oxygen atoms in total. The van der Waals surface area contributed by atoms with Crippen molar-refractivity contribution in [2.24, 2.45) is 0 Å². The van der Waals surface area contributed by atoms with Crippen molar-refractivity contribution in [3.63, 3.8) is 0 Å². The highest BCUT2D eigenvalue weighted by Crippen LogP contribution is 2.29. The van der Waals surface area contributed by atoms with E-state index in [0.29, 0.717) is 28.4 Å². The van der Waals surface area contributed by atoms with Crippen LogP contribution in [0.1, 0.15) is 28.4 Å². The van der Waals surface area contributed by atoms with E-state index >= 15 is 0 Å². The minimum atomic E-state index is -0.465. The number of methoxy groups -OCH3 is 2. The van der Waals surface area contributed by atoms with Gasteiger partial charge in [-0.25, -0.2) is 0 Å². The van der Waals surface area contributed by atoms with Crippen LogP contribution in [0, 0.1) is 6.92 Å². The second-order valence-corrected chi connectivity index (χ2v) is 11.0. The second kappa shape index (κ2) is 14.7. The molecule has 0 bridgehead atoms. The predicted molar refractivity (Wildman–Crippen MR) is 172 cm³/mol. The molecule has 0 spiro atoms. The van der Waals surface area contributed by atoms with Crippen LogP contribution < -0.4 is 25.4 Å². The number of aryl methyl sites for hydroxylation is 1. The molecule has 0 aromatic heterocycles. The summed E-state index contributed by atoms with van der Waals surface area (Å²) in [6.07, 6.45) is 1.64. The van der Waals surface area contributed by atoms with Crippen LogP contribution in [-0.4, -0.2) is 37.2 Å². The van der Waals surface area contributed by atoms with Gasteiger partial charge in [-0.05, 0) is 61.9 Å². The van der Waals surface area contributed by atoms with E-state index in [0.717, 1.165) is 16.0 Å². The Morgan fingerprint density at radius 2 is 1.44 bits per heavy atom. The third kappa shape index (κ3) is 8.98. The molecular weight excluding hydrogens is 562 g/mol. The van der Waals surface area contributed by atoms with E-state index in [1.54, 1.807) is 74.9 Å². The van der Waals surface area contributed by atoms with Gasteiger partial charge >= 0.3 is 0 Å². The highest BCUT2D eigenvalue weighted by Gasteiger charge is 2.17. The summed E-state index contributed by atoms with van der Waals surface area (Å²) < 4.78 is 10.5. The maximum absolute atomic E-state index is 13.3. The van der Waals surface area contributed by atoms with E-state index in [9.17, 15) is 14.4 Å². The Bertz CT molecular complexity index is 1600. The summed E-state index contributed by atoms with van der Waals surface area (Å²) in [6.45, 7) is 3.77. The standard InChI is InChI=1S/C34H33N3O5S/c1-22-9-8-10-24(17-22)18-31(37-33(39)25-11-6-5-7-12-25)34(40)35-26-13-15-30(16-14-26)43-23(2)32(38)36-27-19-28(41-3)21-29(20-27)42-4/h5-21,23H,1-4H3,(H,35,40)(H,36,38)(H,37,39)/b31-18-. The summed E-state index contributed by atoms with van der Waals surface area (Å²) >= 11 is 1.38. The first-order valence-electron chi connectivity index (χ1n) is 13.5. The topological polar surface area (TPSA) is 106 Å². The van der Waals surface area contributed by atoms with Crippen molar-refractivity contribution in [2.75, 3.05) is 24.9 Å². The van der Waals surface area contributed by atoms with Crippen LogP contribution in [0.5, 0.6) is 11.5 Å². The molecule has 0 aliphatic heterocycles. The second-order valence-electron chi connectivity index (χ2n) is 9.62. The average molecular weight is 596 g/mol. The molecule has 0 saturated heterocycles. The zero-order valence-electron chi connectivity index (χ0n) is 24.3. The molecule has 4 rings (SSSR count). The lowest BCUT2D eigenvalue weighted by Crippen LogP contribution is -2.30. The minimum absolute atomic E-state index is 0.109. The van der Waals surface area contributed by atoms with E-state index in [4.69, 9.17) is 9.47 Å². The highest BCUT2D eigenvalue weighted by molar-refractivity contribution is 8.00. The molecule has 0 radical (unpaired) electrons. The molecule has 4 aromatic carbocycles. The van der Waals surface area contributed by atoms with Crippen molar-refractivity contribution in [1.82, 2.24) is 5.32 Å². The minimum Gasteiger partial charge on any atom is -0.497 e. The fourth-order valence-corrected chi connectivity index (χ4v) is 4.93. The Morgan fingerprint density at radius 1 is 0.767 bits per heavy atom. The van der Waals surface area contributed by atoms with Crippen LogP contribution in [0.3, 0.4) is 0 Å². The van der Waals surface area contributed by atoms with E-state index in [2.05, 4.69) is 16.0 Å². The van der Waals surface area contributed by atoms with Gasteiger partial charge in [0.1, 0.15) is 17.2 Å². The van der Waals surface area contributed by atoms with Crippen LogP contribution >= 0.6 is 11.8 Å². The number of rotatable bonds is 11. The monoisotopic (exact) mass is 595 g/mol. The zero-order valence-corrected chi connectivity index (χ0v) is 25.2. The molecule has 1 unspecified atom stereocenters. The van der Waals surface area contributed by atoms with Crippen molar-refractivity contribution >= 4 is 46.9 Å². The Balaban J connectivity index is 1.42. The van der Waals surface area contributed by atoms with Crippen molar-refractivity contribution < 1.29 is 23.9 Å². The molecule has 1 atom stereocenters. The predicted octanol–water partition coefficient (Wildman–Crippen LogP) is 6.54. The number of benzene rings is 4. The molecule has 0 fully saturated rings. The van der Waals surface area contributed by atoms with Crippen molar-refractivity contribution in [2.45, 2.75) is 24.0 Å². The lowest BCUT2D eigenvalue weighted by molar-refractivity contribution is -0.115. The van der Waals surface area contributed by atoms with Gasteiger partial charge in [0.2, 0.25) is 5.91 Å². The highest BCUT2D eigenvalue weighted by atomic mass is 32.2. The van der Waals surface area contributed by atoms with Crippen molar-refractivity contribution in [1.29, 1.82) is 0 Å². The number of nitrogens with one attached hydrogen (secondary N) is 3. The molecule has 220 valence electrons. The molecular formula is C34H33N3O5S. The molecule has 4 aromatic rings. The van der Waals surface area contributed by atoms with Gasteiger partial charge in [-0.1, -0.05) is 48.0 Å². The van der Waals surface area contributed by atoms with E-state index in [1.807, 2.05) is 56.3 Å². The lowest BCUT2D eigenvalue weighted by Gasteiger charge is -2.14. The average Bonchev–Trinajstić information content (AvgIpc) is 3.01. The van der Waals surface area contributed by atoms with Gasteiger partial charge in [0.25, 0.3) is 11.8 Å². The van der Waals surface area contributed by atoms with Crippen LogP contribution in [0.25, 0.3) is 6.08 Å². The van der Waals surface area contributed by atoms with Crippen LogP contribution in [0.2, 0.25) is 0 Å². The van der Waals surface area contributed by atoms with E-state index in [-0.39, 0.29) is 17.5 Å². The summed E-state index contributed by atoms with van der Waals surface area (Å²) in [5.41, 5.74) is 3.47. The summed E-state index contributed by atoms with van der Waals surface area (Å²) in [5.74, 6) is 0.111. The Morgan fingerprint density at radius 3 is 2.07 bits per heavy atom. The molecule has 43 heavy (non-hydrogen) atoms. The number of ether oxygens (including phenoxy) is 2. The molecule has 0 saturated carbocycles. The van der Waals surface area contributed by atoms with Gasteiger partial charge < -0.3 is 25.4 Å². The summed E-state index contributed by atoms with van der Waals surface area (Å²) in [6, 6.07) is 28.7. The number of thioether (sulfide) groups is 1. The van der Waals surface area contributed by atoms with Gasteiger partial charge in [-0.15, -0.1) is 11.8 Å². The smallest absolute Gasteiger partial charge is 0.272 e. The zero-order chi connectivity index (χ0) is 30.8. The quantitative estimate of drug-likeness (QED) is 0.134. The number of carbonyl (C=O) groups excluding carboxylic acids is 3. The van der Waals surface area contributed by atoms with Crippen LogP contribution in [-0.2, 0) is 9.59 Å². The third-order valence-corrected chi connectivity index (χ3v) is 7.41. The maximum Gasteiger partial charge on any atom is 0.272 e. The molecule has 3 amide bonds. The third-order valence-electron chi connectivity index (χ3n) is 6.30. The maximum atomic E-state index is 13.3. The fourth-order valence-electron chi connectivity index (χ4n) is 4.07. The normalized spacial score (nSPS) is 11.7. The van der Waals surface area contributed by atoms with Gasteiger partial charge in [-0.2, -0.15) is 0 Å².